The molecule has 2 aromatic heterocycles. The summed E-state index contributed by atoms with van der Waals surface area (Å²) in [7, 11) is 0. The Balaban J connectivity index is 1.79. The van der Waals surface area contributed by atoms with Gasteiger partial charge in [0.05, 0.1) is 11.7 Å². The number of benzene rings is 1. The SMILES string of the molecule is Cc1c(C(C)NCc2ccncn2)oc2ccccc12. The first-order valence-electron chi connectivity index (χ1n) is 6.72. The van der Waals surface area contributed by atoms with Gasteiger partial charge in [-0.15, -0.1) is 0 Å². The Hall–Kier alpha value is -2.20. The van der Waals surface area contributed by atoms with E-state index in [0.29, 0.717) is 6.54 Å². The smallest absolute Gasteiger partial charge is 0.134 e. The van der Waals surface area contributed by atoms with Crippen molar-refractivity contribution in [3.63, 3.8) is 0 Å². The van der Waals surface area contributed by atoms with Crippen molar-refractivity contribution in [1.82, 2.24) is 15.3 Å². The van der Waals surface area contributed by atoms with Crippen molar-refractivity contribution in [3.8, 4) is 0 Å². The Bertz CT molecular complexity index is 706. The number of aromatic nitrogens is 2. The van der Waals surface area contributed by atoms with E-state index in [1.54, 1.807) is 12.5 Å². The predicted octanol–water partition coefficient (Wildman–Crippen LogP) is 3.38. The van der Waals surface area contributed by atoms with Gasteiger partial charge in [0.1, 0.15) is 17.7 Å². The van der Waals surface area contributed by atoms with E-state index < -0.39 is 0 Å². The Morgan fingerprint density at radius 2 is 2.10 bits per heavy atom. The third-order valence-electron chi connectivity index (χ3n) is 3.51. The summed E-state index contributed by atoms with van der Waals surface area (Å²) in [6, 6.07) is 10.2. The second-order valence-corrected chi connectivity index (χ2v) is 4.89. The summed E-state index contributed by atoms with van der Waals surface area (Å²) >= 11 is 0. The van der Waals surface area contributed by atoms with Crippen LogP contribution in [0, 0.1) is 6.92 Å². The van der Waals surface area contributed by atoms with E-state index in [1.165, 1.54) is 10.9 Å². The normalized spacial score (nSPS) is 12.7. The Morgan fingerprint density at radius 3 is 2.85 bits per heavy atom. The van der Waals surface area contributed by atoms with Crippen LogP contribution in [0.1, 0.15) is 30.0 Å². The molecule has 1 unspecified atom stereocenters. The zero-order valence-electron chi connectivity index (χ0n) is 11.6. The Morgan fingerprint density at radius 1 is 1.25 bits per heavy atom. The summed E-state index contributed by atoms with van der Waals surface area (Å²) in [5.41, 5.74) is 3.11. The Kier molecular flexibility index (Phi) is 3.48. The van der Waals surface area contributed by atoms with Crippen LogP contribution in [0.15, 0.2) is 47.3 Å². The van der Waals surface area contributed by atoms with E-state index in [-0.39, 0.29) is 6.04 Å². The van der Waals surface area contributed by atoms with E-state index in [9.17, 15) is 0 Å². The highest BCUT2D eigenvalue weighted by molar-refractivity contribution is 5.82. The molecule has 0 radical (unpaired) electrons. The van der Waals surface area contributed by atoms with Gasteiger partial charge in [0.15, 0.2) is 0 Å². The van der Waals surface area contributed by atoms with Crippen LogP contribution in [0.3, 0.4) is 0 Å². The second-order valence-electron chi connectivity index (χ2n) is 4.89. The van der Waals surface area contributed by atoms with E-state index in [1.807, 2.05) is 24.3 Å². The predicted molar refractivity (Wildman–Crippen MR) is 78.2 cm³/mol. The van der Waals surface area contributed by atoms with E-state index in [4.69, 9.17) is 4.42 Å². The molecule has 4 nitrogen and oxygen atoms in total. The van der Waals surface area contributed by atoms with Gasteiger partial charge in [-0.1, -0.05) is 18.2 Å². The molecule has 102 valence electrons. The van der Waals surface area contributed by atoms with Crippen molar-refractivity contribution < 1.29 is 4.42 Å². The minimum atomic E-state index is 0.136. The van der Waals surface area contributed by atoms with Gasteiger partial charge in [-0.3, -0.25) is 0 Å². The van der Waals surface area contributed by atoms with Crippen molar-refractivity contribution in [1.29, 1.82) is 0 Å². The van der Waals surface area contributed by atoms with Crippen molar-refractivity contribution in [3.05, 3.63) is 59.9 Å². The fraction of sp³-hybridized carbons (Fsp3) is 0.250. The van der Waals surface area contributed by atoms with Gasteiger partial charge < -0.3 is 9.73 Å². The summed E-state index contributed by atoms with van der Waals surface area (Å²) in [5.74, 6) is 0.986. The van der Waals surface area contributed by atoms with Crippen molar-refractivity contribution in [2.45, 2.75) is 26.4 Å². The molecule has 0 saturated carbocycles. The lowest BCUT2D eigenvalue weighted by Gasteiger charge is -2.11. The molecular weight excluding hydrogens is 250 g/mol. The summed E-state index contributed by atoms with van der Waals surface area (Å²) in [4.78, 5) is 8.12. The fourth-order valence-electron chi connectivity index (χ4n) is 2.38. The van der Waals surface area contributed by atoms with Crippen LogP contribution >= 0.6 is 0 Å². The maximum atomic E-state index is 5.95. The quantitative estimate of drug-likeness (QED) is 0.787. The number of hydrogen-bond donors (Lipinski definition) is 1. The van der Waals surface area contributed by atoms with Crippen LogP contribution < -0.4 is 5.32 Å². The summed E-state index contributed by atoms with van der Waals surface area (Å²) in [5, 5.41) is 4.61. The lowest BCUT2D eigenvalue weighted by atomic mass is 10.1. The highest BCUT2D eigenvalue weighted by atomic mass is 16.3. The molecule has 0 bridgehead atoms. The van der Waals surface area contributed by atoms with Crippen molar-refractivity contribution in [2.24, 2.45) is 0 Å². The Labute approximate surface area is 117 Å². The molecule has 1 N–H and O–H groups in total. The lowest BCUT2D eigenvalue weighted by molar-refractivity contribution is 0.445. The number of nitrogens with zero attached hydrogens (tertiary/aromatic N) is 2. The standard InChI is InChI=1S/C16H17N3O/c1-11-14-5-3-4-6-15(14)20-16(11)12(2)18-9-13-7-8-17-10-19-13/h3-8,10,12,18H,9H2,1-2H3. The average Bonchev–Trinajstić information content (AvgIpc) is 2.84. The first kappa shape index (κ1) is 12.8. The fourth-order valence-corrected chi connectivity index (χ4v) is 2.38. The van der Waals surface area contributed by atoms with Gasteiger partial charge in [0.2, 0.25) is 0 Å². The largest absolute Gasteiger partial charge is 0.459 e. The van der Waals surface area contributed by atoms with Crippen molar-refractivity contribution in [2.75, 3.05) is 0 Å². The van der Waals surface area contributed by atoms with Crippen LogP contribution in [0.2, 0.25) is 0 Å². The molecule has 20 heavy (non-hydrogen) atoms. The molecule has 3 rings (SSSR count). The molecule has 1 atom stereocenters. The number of furan rings is 1. The minimum absolute atomic E-state index is 0.136. The average molecular weight is 267 g/mol. The maximum absolute atomic E-state index is 5.95. The summed E-state index contributed by atoms with van der Waals surface area (Å²) < 4.78 is 5.95. The number of nitrogens with one attached hydrogen (secondary N) is 1. The van der Waals surface area contributed by atoms with Gasteiger partial charge in [0.25, 0.3) is 0 Å². The maximum Gasteiger partial charge on any atom is 0.134 e. The van der Waals surface area contributed by atoms with Gasteiger partial charge >= 0.3 is 0 Å². The zero-order chi connectivity index (χ0) is 13.9. The monoisotopic (exact) mass is 267 g/mol. The van der Waals surface area contributed by atoms with E-state index in [2.05, 4.69) is 35.2 Å². The molecule has 0 aliphatic rings. The third kappa shape index (κ3) is 2.42. The lowest BCUT2D eigenvalue weighted by Crippen LogP contribution is -2.18. The molecule has 0 aliphatic heterocycles. The molecule has 0 spiro atoms. The minimum Gasteiger partial charge on any atom is -0.459 e. The van der Waals surface area contributed by atoms with Crippen LogP contribution in [-0.4, -0.2) is 9.97 Å². The molecule has 1 aromatic carbocycles. The molecule has 0 saturated heterocycles. The topological polar surface area (TPSA) is 51.0 Å². The van der Waals surface area contributed by atoms with Gasteiger partial charge in [-0.2, -0.15) is 0 Å². The second kappa shape index (κ2) is 5.43. The highest BCUT2D eigenvalue weighted by Gasteiger charge is 2.15. The number of fused-ring (bicyclic) bond motifs is 1. The zero-order valence-corrected chi connectivity index (χ0v) is 11.6. The van der Waals surface area contributed by atoms with Crippen LogP contribution in [0.4, 0.5) is 0 Å². The number of rotatable bonds is 4. The molecule has 2 heterocycles. The van der Waals surface area contributed by atoms with Crippen LogP contribution in [-0.2, 0) is 6.54 Å². The van der Waals surface area contributed by atoms with E-state index >= 15 is 0 Å². The molecular formula is C16H17N3O. The first-order valence-corrected chi connectivity index (χ1v) is 6.72. The number of aryl methyl sites for hydroxylation is 1. The van der Waals surface area contributed by atoms with Gasteiger partial charge in [-0.25, -0.2) is 9.97 Å². The van der Waals surface area contributed by atoms with Gasteiger partial charge in [0, 0.05) is 18.1 Å². The number of hydrogen-bond acceptors (Lipinski definition) is 4. The third-order valence-corrected chi connectivity index (χ3v) is 3.51. The number of para-hydroxylation sites is 1. The molecule has 0 aliphatic carbocycles. The summed E-state index contributed by atoms with van der Waals surface area (Å²) in [6.07, 6.45) is 3.31. The van der Waals surface area contributed by atoms with Crippen molar-refractivity contribution >= 4 is 11.0 Å². The van der Waals surface area contributed by atoms with Crippen LogP contribution in [0.5, 0.6) is 0 Å². The highest BCUT2D eigenvalue weighted by Crippen LogP contribution is 2.29. The molecule has 0 amide bonds. The first-order chi connectivity index (χ1) is 9.75. The molecule has 4 heteroatoms. The van der Waals surface area contributed by atoms with E-state index in [0.717, 1.165) is 17.0 Å². The molecule has 3 aromatic rings. The van der Waals surface area contributed by atoms with Crippen LogP contribution in [0.25, 0.3) is 11.0 Å². The van der Waals surface area contributed by atoms with Gasteiger partial charge in [-0.05, 0) is 31.5 Å². The summed E-state index contributed by atoms with van der Waals surface area (Å²) in [6.45, 7) is 4.90. The molecule has 0 fully saturated rings.